The average Bonchev–Trinajstić information content (AvgIpc) is 3.51. The van der Waals surface area contributed by atoms with Crippen LogP contribution in [0.4, 0.5) is 5.82 Å². The number of fused-ring (bicyclic) bond motifs is 3. The Balaban J connectivity index is 1.08. The van der Waals surface area contributed by atoms with Gasteiger partial charge in [0.2, 0.25) is 0 Å². The molecule has 2 bridgehead atoms. The summed E-state index contributed by atoms with van der Waals surface area (Å²) >= 11 is 0. The summed E-state index contributed by atoms with van der Waals surface area (Å²) in [5.41, 5.74) is 4.96. The number of rotatable bonds is 6. The van der Waals surface area contributed by atoms with Gasteiger partial charge in [-0.1, -0.05) is 30.3 Å². The summed E-state index contributed by atoms with van der Waals surface area (Å²) in [7, 11) is 0. The smallest absolute Gasteiger partial charge is 0.253 e. The summed E-state index contributed by atoms with van der Waals surface area (Å²) in [6.45, 7) is 2.43. The number of nitrogens with zero attached hydrogens (tertiary/aromatic N) is 3. The third kappa shape index (κ3) is 4.55. The highest BCUT2D eigenvalue weighted by atomic mass is 16.2. The summed E-state index contributed by atoms with van der Waals surface area (Å²) in [6, 6.07) is 18.2. The molecule has 0 spiro atoms. The molecule has 0 unspecified atom stereocenters. The molecule has 2 aliphatic heterocycles. The monoisotopic (exact) mass is 494 g/mol. The highest BCUT2D eigenvalue weighted by Gasteiger charge is 2.42. The molecule has 4 heterocycles. The van der Waals surface area contributed by atoms with Crippen molar-refractivity contribution in [2.45, 2.75) is 57.3 Å². The molecule has 3 N–H and O–H groups in total. The Morgan fingerprint density at radius 1 is 0.973 bits per heavy atom. The number of hydrogen-bond donors (Lipinski definition) is 3. The fourth-order valence-electron chi connectivity index (χ4n) is 5.88. The largest absolute Gasteiger partial charge is 0.350 e. The number of benzene rings is 2. The maximum absolute atomic E-state index is 13.1. The quantitative estimate of drug-likeness (QED) is 0.374. The lowest BCUT2D eigenvalue weighted by atomic mass is 9.96. The first-order chi connectivity index (χ1) is 18.1. The number of pyridine rings is 1. The maximum atomic E-state index is 13.1. The number of aromatic nitrogens is 3. The molecule has 0 saturated carbocycles. The van der Waals surface area contributed by atoms with E-state index in [0.717, 1.165) is 53.7 Å². The molecule has 2 aliphatic rings. The molecule has 2 aromatic carbocycles. The zero-order valence-corrected chi connectivity index (χ0v) is 20.8. The van der Waals surface area contributed by atoms with Crippen LogP contribution in [0, 0.1) is 6.92 Å². The van der Waals surface area contributed by atoms with Crippen molar-refractivity contribution < 1.29 is 9.59 Å². The molecule has 2 saturated heterocycles. The number of anilines is 1. The molecule has 4 aromatic rings. The lowest BCUT2D eigenvalue weighted by Gasteiger charge is -2.40. The van der Waals surface area contributed by atoms with Crippen LogP contribution in [0.3, 0.4) is 0 Å². The lowest BCUT2D eigenvalue weighted by Crippen LogP contribution is -2.50. The Bertz CT molecular complexity index is 1420. The Morgan fingerprint density at radius 2 is 1.76 bits per heavy atom. The van der Waals surface area contributed by atoms with Crippen molar-refractivity contribution in [2.24, 2.45) is 0 Å². The van der Waals surface area contributed by atoms with Crippen LogP contribution in [0.2, 0.25) is 0 Å². The lowest BCUT2D eigenvalue weighted by molar-refractivity contribution is 0.0924. The number of nitrogens with one attached hydrogen (secondary N) is 3. The van der Waals surface area contributed by atoms with Crippen molar-refractivity contribution in [3.05, 3.63) is 89.4 Å². The van der Waals surface area contributed by atoms with Crippen molar-refractivity contribution in [1.82, 2.24) is 25.6 Å². The van der Waals surface area contributed by atoms with Crippen LogP contribution in [0.15, 0.2) is 67.1 Å². The molecule has 6 rings (SSSR count). The summed E-state index contributed by atoms with van der Waals surface area (Å²) in [4.78, 5) is 40.2. The van der Waals surface area contributed by atoms with Gasteiger partial charge in [-0.05, 0) is 68.0 Å². The van der Waals surface area contributed by atoms with Crippen molar-refractivity contribution >= 4 is 28.7 Å². The molecule has 188 valence electrons. The van der Waals surface area contributed by atoms with Gasteiger partial charge >= 0.3 is 0 Å². The van der Waals surface area contributed by atoms with Crippen LogP contribution in [0.25, 0.3) is 11.0 Å². The zero-order chi connectivity index (χ0) is 25.4. The third-order valence-electron chi connectivity index (χ3n) is 7.73. The van der Waals surface area contributed by atoms with Gasteiger partial charge in [0.05, 0.1) is 22.9 Å². The minimum absolute atomic E-state index is 0.0377. The van der Waals surface area contributed by atoms with Crippen LogP contribution in [-0.2, 0) is 6.54 Å². The van der Waals surface area contributed by atoms with Crippen molar-refractivity contribution in [3.63, 3.8) is 0 Å². The fraction of sp³-hybridized carbons (Fsp3) is 0.310. The highest BCUT2D eigenvalue weighted by molar-refractivity contribution is 6.00. The summed E-state index contributed by atoms with van der Waals surface area (Å²) < 4.78 is 0. The first-order valence-electron chi connectivity index (χ1n) is 12.9. The molecular formula is C29H30N6O2. The number of piperidine rings is 1. The summed E-state index contributed by atoms with van der Waals surface area (Å²) in [5, 5.41) is 6.24. The maximum Gasteiger partial charge on any atom is 0.253 e. The van der Waals surface area contributed by atoms with E-state index < -0.39 is 0 Å². The standard InChI is InChI=1S/C29H30N6O2/c1-18-24(10-11-25-27(18)33-17-32-25)29(37)34-21-13-22-8-9-23(14-21)35(22)26-12-7-20(16-30-26)28(36)31-15-19-5-3-2-4-6-19/h2-7,10-12,16-17,21-23H,8-9,13-15H2,1H3,(H,31,36)(H,32,33)(H,34,37)/t21-,22+,23-. The van der Waals surface area contributed by atoms with E-state index in [1.165, 1.54) is 0 Å². The molecule has 2 aromatic heterocycles. The average molecular weight is 495 g/mol. The number of hydrogen-bond acceptors (Lipinski definition) is 5. The van der Waals surface area contributed by atoms with Gasteiger partial charge < -0.3 is 20.5 Å². The number of H-pyrrole nitrogens is 1. The predicted molar refractivity (Wildman–Crippen MR) is 142 cm³/mol. The molecular weight excluding hydrogens is 464 g/mol. The SMILES string of the molecule is Cc1c(C(=O)N[C@H]2C[C@H]3CC[C@@H](C2)N3c2ccc(C(=O)NCc3ccccc3)cn2)ccc2[nH]cnc12. The van der Waals surface area contributed by atoms with Gasteiger partial charge in [-0.25, -0.2) is 9.97 Å². The van der Waals surface area contributed by atoms with Crippen molar-refractivity contribution in [1.29, 1.82) is 0 Å². The Morgan fingerprint density at radius 3 is 2.49 bits per heavy atom. The number of imidazole rings is 1. The van der Waals surface area contributed by atoms with E-state index in [9.17, 15) is 9.59 Å². The van der Waals surface area contributed by atoms with Crippen molar-refractivity contribution in [2.75, 3.05) is 4.90 Å². The van der Waals surface area contributed by atoms with E-state index in [1.807, 2.05) is 61.5 Å². The second-order valence-corrected chi connectivity index (χ2v) is 10.0. The Hall–Kier alpha value is -4.20. The molecule has 0 aliphatic carbocycles. The summed E-state index contributed by atoms with van der Waals surface area (Å²) in [5.74, 6) is 0.733. The van der Waals surface area contributed by atoms with E-state index in [0.29, 0.717) is 29.8 Å². The minimum Gasteiger partial charge on any atom is -0.350 e. The molecule has 2 fully saturated rings. The van der Waals surface area contributed by atoms with Gasteiger partial charge in [-0.15, -0.1) is 0 Å². The van der Waals surface area contributed by atoms with Gasteiger partial charge in [-0.2, -0.15) is 0 Å². The summed E-state index contributed by atoms with van der Waals surface area (Å²) in [6.07, 6.45) is 7.24. The first-order valence-corrected chi connectivity index (χ1v) is 12.9. The van der Waals surface area contributed by atoms with Crippen LogP contribution >= 0.6 is 0 Å². The Labute approximate surface area is 215 Å². The van der Waals surface area contributed by atoms with E-state index in [2.05, 4.69) is 30.5 Å². The molecule has 8 nitrogen and oxygen atoms in total. The topological polar surface area (TPSA) is 103 Å². The van der Waals surface area contributed by atoms with Gasteiger partial charge in [0.1, 0.15) is 5.82 Å². The van der Waals surface area contributed by atoms with E-state index in [1.54, 1.807) is 12.5 Å². The van der Waals surface area contributed by atoms with Crippen LogP contribution in [0.1, 0.15) is 57.5 Å². The molecule has 8 heteroatoms. The molecule has 2 amide bonds. The van der Waals surface area contributed by atoms with Crippen LogP contribution in [0.5, 0.6) is 0 Å². The van der Waals surface area contributed by atoms with Gasteiger partial charge in [0.15, 0.2) is 0 Å². The normalized spacial score (nSPS) is 20.7. The minimum atomic E-state index is -0.129. The number of aromatic amines is 1. The molecule has 0 radical (unpaired) electrons. The highest BCUT2D eigenvalue weighted by Crippen LogP contribution is 2.38. The molecule has 3 atom stereocenters. The second-order valence-electron chi connectivity index (χ2n) is 10.0. The van der Waals surface area contributed by atoms with E-state index in [-0.39, 0.29) is 17.9 Å². The fourth-order valence-corrected chi connectivity index (χ4v) is 5.88. The zero-order valence-electron chi connectivity index (χ0n) is 20.8. The van der Waals surface area contributed by atoms with Crippen LogP contribution < -0.4 is 15.5 Å². The second kappa shape index (κ2) is 9.69. The third-order valence-corrected chi connectivity index (χ3v) is 7.73. The number of amides is 2. The Kier molecular flexibility index (Phi) is 6.08. The number of carbonyl (C=O) groups is 2. The van der Waals surface area contributed by atoms with Crippen LogP contribution in [-0.4, -0.2) is 44.9 Å². The predicted octanol–water partition coefficient (Wildman–Crippen LogP) is 4.13. The van der Waals surface area contributed by atoms with Gasteiger partial charge in [0.25, 0.3) is 11.8 Å². The van der Waals surface area contributed by atoms with Crippen molar-refractivity contribution in [3.8, 4) is 0 Å². The molecule has 37 heavy (non-hydrogen) atoms. The van der Waals surface area contributed by atoms with E-state index in [4.69, 9.17) is 0 Å². The number of carbonyl (C=O) groups excluding carboxylic acids is 2. The first kappa shape index (κ1) is 23.2. The van der Waals surface area contributed by atoms with Gasteiger partial charge in [-0.3, -0.25) is 9.59 Å². The van der Waals surface area contributed by atoms with E-state index >= 15 is 0 Å². The number of aryl methyl sites for hydroxylation is 1. The van der Waals surface area contributed by atoms with Gasteiger partial charge in [0, 0.05) is 36.4 Å².